The first kappa shape index (κ1) is 17.5. The van der Waals surface area contributed by atoms with Gasteiger partial charge in [-0.2, -0.15) is 0 Å². The number of carbonyl (C=O) groups is 1. The van der Waals surface area contributed by atoms with Gasteiger partial charge in [-0.05, 0) is 56.7 Å². The normalized spacial score (nSPS) is 14.6. The summed E-state index contributed by atoms with van der Waals surface area (Å²) in [6.45, 7) is 9.30. The summed E-state index contributed by atoms with van der Waals surface area (Å²) in [4.78, 5) is 22.2. The summed E-state index contributed by atoms with van der Waals surface area (Å²) in [5, 5.41) is 0.951. The van der Waals surface area contributed by atoms with Crippen LogP contribution in [0.1, 0.15) is 27.2 Å². The van der Waals surface area contributed by atoms with E-state index in [2.05, 4.69) is 47.1 Å². The van der Waals surface area contributed by atoms with Gasteiger partial charge in [-0.3, -0.25) is 9.78 Å². The number of pyridine rings is 1. The minimum absolute atomic E-state index is 0.111. The molecule has 4 nitrogen and oxygen atoms in total. The molecule has 1 aromatic heterocycles. The number of carbonyl (C=O) groups excluding carboxylic acids is 1. The highest BCUT2D eigenvalue weighted by molar-refractivity contribution is 6.06. The van der Waals surface area contributed by atoms with Gasteiger partial charge in [-0.25, -0.2) is 0 Å². The van der Waals surface area contributed by atoms with Crippen molar-refractivity contribution in [1.82, 2.24) is 9.88 Å². The fraction of sp³-hybridized carbons (Fsp3) is 0.304. The molecule has 1 fully saturated rings. The lowest BCUT2D eigenvalue weighted by atomic mass is 10.0. The average molecular weight is 359 g/mol. The topological polar surface area (TPSA) is 36.4 Å². The number of hydrogen-bond donors (Lipinski definition) is 0. The third-order valence-electron chi connectivity index (χ3n) is 5.26. The molecule has 0 radical (unpaired) electrons. The number of benzene rings is 2. The first-order chi connectivity index (χ1) is 13.0. The smallest absolute Gasteiger partial charge is 0.254 e. The summed E-state index contributed by atoms with van der Waals surface area (Å²) in [5.74, 6) is 0.111. The Bertz CT molecular complexity index is 1000. The van der Waals surface area contributed by atoms with E-state index in [0.717, 1.165) is 53.9 Å². The lowest BCUT2D eigenvalue weighted by molar-refractivity contribution is 0.0748. The third-order valence-corrected chi connectivity index (χ3v) is 5.26. The second kappa shape index (κ2) is 7.03. The highest BCUT2D eigenvalue weighted by atomic mass is 16.2. The van der Waals surface area contributed by atoms with Crippen LogP contribution in [0.15, 0.2) is 48.5 Å². The van der Waals surface area contributed by atoms with E-state index in [1.165, 1.54) is 11.3 Å². The van der Waals surface area contributed by atoms with Crippen molar-refractivity contribution in [3.05, 3.63) is 70.9 Å². The fourth-order valence-corrected chi connectivity index (χ4v) is 3.81. The largest absolute Gasteiger partial charge is 0.368 e. The van der Waals surface area contributed by atoms with Gasteiger partial charge in [0.15, 0.2) is 0 Å². The highest BCUT2D eigenvalue weighted by Crippen LogP contribution is 2.23. The Morgan fingerprint density at radius 2 is 1.63 bits per heavy atom. The predicted molar refractivity (Wildman–Crippen MR) is 111 cm³/mol. The standard InChI is InChI=1S/C23H25N3O/c1-16-5-4-6-19(13-16)25-9-11-26(12-10-25)23(27)21-15-18(3)24-22-8-7-17(2)14-20(21)22/h4-8,13-15H,9-12H2,1-3H3. The number of amides is 1. The number of aryl methyl sites for hydroxylation is 3. The highest BCUT2D eigenvalue weighted by Gasteiger charge is 2.24. The number of hydrogen-bond acceptors (Lipinski definition) is 3. The van der Waals surface area contributed by atoms with Crippen LogP contribution in [-0.4, -0.2) is 42.0 Å². The molecule has 0 saturated carbocycles. The van der Waals surface area contributed by atoms with Gasteiger partial charge in [-0.15, -0.1) is 0 Å². The quantitative estimate of drug-likeness (QED) is 0.690. The molecule has 4 rings (SSSR count). The molecule has 2 heterocycles. The zero-order chi connectivity index (χ0) is 19.0. The van der Waals surface area contributed by atoms with E-state index in [4.69, 9.17) is 0 Å². The summed E-state index contributed by atoms with van der Waals surface area (Å²) in [7, 11) is 0. The van der Waals surface area contributed by atoms with Crippen molar-refractivity contribution in [2.24, 2.45) is 0 Å². The maximum atomic E-state index is 13.3. The van der Waals surface area contributed by atoms with Crippen molar-refractivity contribution in [2.75, 3.05) is 31.1 Å². The summed E-state index contributed by atoms with van der Waals surface area (Å²) >= 11 is 0. The van der Waals surface area contributed by atoms with Crippen molar-refractivity contribution < 1.29 is 4.79 Å². The van der Waals surface area contributed by atoms with Crippen LogP contribution in [-0.2, 0) is 0 Å². The first-order valence-electron chi connectivity index (χ1n) is 9.50. The Morgan fingerprint density at radius 3 is 2.37 bits per heavy atom. The van der Waals surface area contributed by atoms with E-state index in [-0.39, 0.29) is 5.91 Å². The number of anilines is 1. The molecule has 1 amide bonds. The first-order valence-corrected chi connectivity index (χ1v) is 9.50. The van der Waals surface area contributed by atoms with Gasteiger partial charge < -0.3 is 9.80 Å². The lowest BCUT2D eigenvalue weighted by Gasteiger charge is -2.36. The minimum atomic E-state index is 0.111. The number of fused-ring (bicyclic) bond motifs is 1. The van der Waals surface area contributed by atoms with Crippen LogP contribution in [0.25, 0.3) is 10.9 Å². The van der Waals surface area contributed by atoms with Crippen LogP contribution in [0.4, 0.5) is 5.69 Å². The van der Waals surface area contributed by atoms with Gasteiger partial charge in [0.1, 0.15) is 0 Å². The monoisotopic (exact) mass is 359 g/mol. The molecule has 138 valence electrons. The molecule has 4 heteroatoms. The van der Waals surface area contributed by atoms with Gasteiger partial charge in [0.2, 0.25) is 0 Å². The molecule has 1 aliphatic heterocycles. The number of nitrogens with zero attached hydrogens (tertiary/aromatic N) is 3. The van der Waals surface area contributed by atoms with E-state index in [0.29, 0.717) is 0 Å². The number of aromatic nitrogens is 1. The van der Waals surface area contributed by atoms with Crippen molar-refractivity contribution in [2.45, 2.75) is 20.8 Å². The molecule has 0 N–H and O–H groups in total. The van der Waals surface area contributed by atoms with E-state index >= 15 is 0 Å². The molecule has 1 saturated heterocycles. The average Bonchev–Trinajstić information content (AvgIpc) is 2.67. The third kappa shape index (κ3) is 3.52. The molecular formula is C23H25N3O. The Labute approximate surface area is 160 Å². The maximum absolute atomic E-state index is 13.3. The van der Waals surface area contributed by atoms with Crippen LogP contribution >= 0.6 is 0 Å². The molecule has 0 spiro atoms. The van der Waals surface area contributed by atoms with Crippen LogP contribution in [0.2, 0.25) is 0 Å². The number of rotatable bonds is 2. The van der Waals surface area contributed by atoms with E-state index in [9.17, 15) is 4.79 Å². The molecule has 0 atom stereocenters. The molecule has 2 aromatic carbocycles. The summed E-state index contributed by atoms with van der Waals surface area (Å²) in [6.07, 6.45) is 0. The summed E-state index contributed by atoms with van der Waals surface area (Å²) in [5.41, 5.74) is 6.19. The van der Waals surface area contributed by atoms with Crippen LogP contribution in [0.3, 0.4) is 0 Å². The zero-order valence-corrected chi connectivity index (χ0v) is 16.2. The van der Waals surface area contributed by atoms with Gasteiger partial charge in [0, 0.05) is 42.9 Å². The minimum Gasteiger partial charge on any atom is -0.368 e. The molecular weight excluding hydrogens is 334 g/mol. The van der Waals surface area contributed by atoms with Crippen molar-refractivity contribution in [3.8, 4) is 0 Å². The Hall–Kier alpha value is -2.88. The SMILES string of the molecule is Cc1cccc(N2CCN(C(=O)c3cc(C)nc4ccc(C)cc34)CC2)c1. The van der Waals surface area contributed by atoms with Crippen molar-refractivity contribution in [1.29, 1.82) is 0 Å². The van der Waals surface area contributed by atoms with Gasteiger partial charge in [-0.1, -0.05) is 23.8 Å². The second-order valence-corrected chi connectivity index (χ2v) is 7.45. The molecule has 0 aliphatic carbocycles. The summed E-state index contributed by atoms with van der Waals surface area (Å²) < 4.78 is 0. The van der Waals surface area contributed by atoms with E-state index in [1.807, 2.05) is 36.9 Å². The lowest BCUT2D eigenvalue weighted by Crippen LogP contribution is -2.48. The molecule has 3 aromatic rings. The van der Waals surface area contributed by atoms with Crippen molar-refractivity contribution in [3.63, 3.8) is 0 Å². The zero-order valence-electron chi connectivity index (χ0n) is 16.2. The van der Waals surface area contributed by atoms with E-state index in [1.54, 1.807) is 0 Å². The molecule has 1 aliphatic rings. The molecule has 0 unspecified atom stereocenters. The maximum Gasteiger partial charge on any atom is 0.254 e. The van der Waals surface area contributed by atoms with Crippen molar-refractivity contribution >= 4 is 22.5 Å². The van der Waals surface area contributed by atoms with Gasteiger partial charge in [0.25, 0.3) is 5.91 Å². The fourth-order valence-electron chi connectivity index (χ4n) is 3.81. The molecule has 27 heavy (non-hydrogen) atoms. The van der Waals surface area contributed by atoms with Gasteiger partial charge in [0.05, 0.1) is 11.1 Å². The summed E-state index contributed by atoms with van der Waals surface area (Å²) in [6, 6.07) is 16.6. The van der Waals surface area contributed by atoms with Gasteiger partial charge >= 0.3 is 0 Å². The van der Waals surface area contributed by atoms with Crippen LogP contribution in [0.5, 0.6) is 0 Å². The Balaban J connectivity index is 1.56. The predicted octanol–water partition coefficient (Wildman–Crippen LogP) is 4.12. The Morgan fingerprint density at radius 1 is 0.889 bits per heavy atom. The van der Waals surface area contributed by atoms with E-state index < -0.39 is 0 Å². The molecule has 0 bridgehead atoms. The van der Waals surface area contributed by atoms with Crippen LogP contribution in [0, 0.1) is 20.8 Å². The number of piperazine rings is 1. The van der Waals surface area contributed by atoms with Crippen LogP contribution < -0.4 is 4.90 Å². The second-order valence-electron chi connectivity index (χ2n) is 7.45. The Kier molecular flexibility index (Phi) is 4.56.